The second-order valence-electron chi connectivity index (χ2n) is 7.49. The van der Waals surface area contributed by atoms with E-state index in [0.29, 0.717) is 11.3 Å². The van der Waals surface area contributed by atoms with Crippen LogP contribution >= 0.6 is 11.8 Å². The smallest absolute Gasteiger partial charge is 0.309 e. The van der Waals surface area contributed by atoms with E-state index in [1.165, 1.54) is 11.8 Å². The van der Waals surface area contributed by atoms with Gasteiger partial charge in [-0.05, 0) is 38.1 Å². The highest BCUT2D eigenvalue weighted by atomic mass is 32.2. The van der Waals surface area contributed by atoms with E-state index in [9.17, 15) is 15.2 Å². The van der Waals surface area contributed by atoms with E-state index < -0.39 is 11.4 Å². The molecule has 29 heavy (non-hydrogen) atoms. The van der Waals surface area contributed by atoms with Crippen molar-refractivity contribution in [3.05, 3.63) is 66.2 Å². The standard InChI is InChI=1S/C23H19N3O2S/c1-23(2,21(27)28)14-29-22-25-18-9-5-6-10-20(18)26(22)19-12-11-15(13-24)16-7-3-4-8-17(16)19/h3-12H,14H2,1-2H3,(H,27,28). The fourth-order valence-corrected chi connectivity index (χ4v) is 4.32. The second kappa shape index (κ2) is 7.26. The first-order chi connectivity index (χ1) is 13.9. The zero-order valence-corrected chi connectivity index (χ0v) is 16.9. The van der Waals surface area contributed by atoms with E-state index in [4.69, 9.17) is 4.98 Å². The van der Waals surface area contributed by atoms with Crippen molar-refractivity contribution >= 4 is 39.5 Å². The van der Waals surface area contributed by atoms with Gasteiger partial charge in [-0.15, -0.1) is 0 Å². The molecular weight excluding hydrogens is 382 g/mol. The summed E-state index contributed by atoms with van der Waals surface area (Å²) in [5, 5.41) is 21.5. The zero-order valence-electron chi connectivity index (χ0n) is 16.1. The van der Waals surface area contributed by atoms with Gasteiger partial charge in [-0.25, -0.2) is 4.98 Å². The topological polar surface area (TPSA) is 78.9 Å². The number of hydrogen-bond acceptors (Lipinski definition) is 4. The van der Waals surface area contributed by atoms with Gasteiger partial charge in [0, 0.05) is 16.5 Å². The van der Waals surface area contributed by atoms with Crippen LogP contribution in [0.25, 0.3) is 27.5 Å². The second-order valence-corrected chi connectivity index (χ2v) is 8.43. The third kappa shape index (κ3) is 3.34. The zero-order chi connectivity index (χ0) is 20.6. The van der Waals surface area contributed by atoms with Gasteiger partial charge in [0.2, 0.25) is 0 Å². The fourth-order valence-electron chi connectivity index (χ4n) is 3.22. The predicted octanol–water partition coefficient (Wildman–Crippen LogP) is 5.25. The number of para-hydroxylation sites is 2. The lowest BCUT2D eigenvalue weighted by atomic mass is 9.97. The number of nitrogens with zero attached hydrogens (tertiary/aromatic N) is 3. The number of carboxylic acid groups (broad SMARTS) is 1. The maximum atomic E-state index is 11.5. The molecule has 0 saturated heterocycles. The molecule has 0 aliphatic rings. The van der Waals surface area contributed by atoms with Gasteiger partial charge >= 0.3 is 5.97 Å². The molecule has 0 bridgehead atoms. The Balaban J connectivity index is 1.94. The molecule has 5 nitrogen and oxygen atoms in total. The molecule has 0 aliphatic heterocycles. The van der Waals surface area contributed by atoms with Crippen LogP contribution in [-0.4, -0.2) is 26.4 Å². The summed E-state index contributed by atoms with van der Waals surface area (Å²) in [5.41, 5.74) is 2.45. The Hall–Kier alpha value is -3.30. The van der Waals surface area contributed by atoms with Gasteiger partial charge in [-0.3, -0.25) is 9.36 Å². The number of hydrogen-bond donors (Lipinski definition) is 1. The number of benzene rings is 3. The number of imidazole rings is 1. The van der Waals surface area contributed by atoms with Crippen LogP contribution in [0.5, 0.6) is 0 Å². The van der Waals surface area contributed by atoms with E-state index in [0.717, 1.165) is 32.6 Å². The third-order valence-corrected chi connectivity index (χ3v) is 6.33. The van der Waals surface area contributed by atoms with Crippen molar-refractivity contribution in [3.8, 4) is 11.8 Å². The lowest BCUT2D eigenvalue weighted by Gasteiger charge is -2.19. The molecule has 0 radical (unpaired) electrons. The summed E-state index contributed by atoms with van der Waals surface area (Å²) < 4.78 is 2.06. The van der Waals surface area contributed by atoms with Crippen LogP contribution in [-0.2, 0) is 4.79 Å². The van der Waals surface area contributed by atoms with Crippen molar-refractivity contribution in [1.82, 2.24) is 9.55 Å². The maximum absolute atomic E-state index is 11.5. The summed E-state index contributed by atoms with van der Waals surface area (Å²) in [4.78, 5) is 16.3. The molecule has 144 valence electrons. The lowest BCUT2D eigenvalue weighted by Crippen LogP contribution is -2.26. The monoisotopic (exact) mass is 401 g/mol. The van der Waals surface area contributed by atoms with Crippen molar-refractivity contribution < 1.29 is 9.90 Å². The number of fused-ring (bicyclic) bond motifs is 2. The van der Waals surface area contributed by atoms with Crippen LogP contribution in [0.1, 0.15) is 19.4 Å². The summed E-state index contributed by atoms with van der Waals surface area (Å²) in [7, 11) is 0. The number of thioether (sulfide) groups is 1. The maximum Gasteiger partial charge on any atom is 0.309 e. The Morgan fingerprint density at radius 2 is 1.79 bits per heavy atom. The average molecular weight is 401 g/mol. The Morgan fingerprint density at radius 3 is 2.52 bits per heavy atom. The van der Waals surface area contributed by atoms with E-state index >= 15 is 0 Å². The average Bonchev–Trinajstić information content (AvgIpc) is 3.09. The molecule has 0 amide bonds. The van der Waals surface area contributed by atoms with Gasteiger partial charge in [0.1, 0.15) is 0 Å². The number of carboxylic acids is 1. The van der Waals surface area contributed by atoms with Gasteiger partial charge in [-0.1, -0.05) is 48.2 Å². The van der Waals surface area contributed by atoms with Crippen molar-refractivity contribution in [2.45, 2.75) is 19.0 Å². The third-order valence-electron chi connectivity index (χ3n) is 4.93. The van der Waals surface area contributed by atoms with E-state index in [1.807, 2.05) is 60.7 Å². The number of carbonyl (C=O) groups is 1. The predicted molar refractivity (Wildman–Crippen MR) is 115 cm³/mol. The number of nitriles is 1. The first-order valence-corrected chi connectivity index (χ1v) is 10.2. The van der Waals surface area contributed by atoms with Crippen LogP contribution in [0.3, 0.4) is 0 Å². The van der Waals surface area contributed by atoms with E-state index in [2.05, 4.69) is 10.6 Å². The molecule has 0 spiro atoms. The van der Waals surface area contributed by atoms with Crippen molar-refractivity contribution in [3.63, 3.8) is 0 Å². The molecule has 3 aromatic carbocycles. The molecule has 1 heterocycles. The van der Waals surface area contributed by atoms with Crippen molar-refractivity contribution in [2.24, 2.45) is 5.41 Å². The molecule has 1 aromatic heterocycles. The van der Waals surface area contributed by atoms with Gasteiger partial charge < -0.3 is 5.11 Å². The van der Waals surface area contributed by atoms with Crippen LogP contribution in [0, 0.1) is 16.7 Å². The van der Waals surface area contributed by atoms with E-state index in [1.54, 1.807) is 13.8 Å². The highest BCUT2D eigenvalue weighted by Crippen LogP contribution is 2.35. The van der Waals surface area contributed by atoms with Gasteiger partial charge in [-0.2, -0.15) is 5.26 Å². The largest absolute Gasteiger partial charge is 0.481 e. The highest BCUT2D eigenvalue weighted by Gasteiger charge is 2.28. The SMILES string of the molecule is CC(C)(CSc1nc2ccccc2n1-c1ccc(C#N)c2ccccc12)C(=O)O. The van der Waals surface area contributed by atoms with Gasteiger partial charge in [0.15, 0.2) is 5.16 Å². The first kappa shape index (κ1) is 19.0. The van der Waals surface area contributed by atoms with Crippen molar-refractivity contribution in [2.75, 3.05) is 5.75 Å². The van der Waals surface area contributed by atoms with Gasteiger partial charge in [0.25, 0.3) is 0 Å². The molecule has 0 aliphatic carbocycles. The van der Waals surface area contributed by atoms with Crippen molar-refractivity contribution in [1.29, 1.82) is 5.26 Å². The highest BCUT2D eigenvalue weighted by molar-refractivity contribution is 7.99. The van der Waals surface area contributed by atoms with Crippen LogP contribution in [0.15, 0.2) is 65.8 Å². The van der Waals surface area contributed by atoms with E-state index in [-0.39, 0.29) is 0 Å². The Morgan fingerprint density at radius 1 is 1.10 bits per heavy atom. The Kier molecular flexibility index (Phi) is 4.77. The summed E-state index contributed by atoms with van der Waals surface area (Å²) in [6, 6.07) is 21.7. The lowest BCUT2D eigenvalue weighted by molar-refractivity contribution is -0.145. The number of aromatic nitrogens is 2. The number of rotatable bonds is 5. The minimum absolute atomic E-state index is 0.389. The Bertz CT molecular complexity index is 1280. The van der Waals surface area contributed by atoms with Crippen LogP contribution in [0.2, 0.25) is 0 Å². The fraction of sp³-hybridized carbons (Fsp3) is 0.174. The molecule has 4 aromatic rings. The number of aliphatic carboxylic acids is 1. The molecule has 0 unspecified atom stereocenters. The first-order valence-electron chi connectivity index (χ1n) is 9.18. The summed E-state index contributed by atoms with van der Waals surface area (Å²) >= 11 is 1.43. The minimum atomic E-state index is -0.875. The molecule has 4 rings (SSSR count). The molecule has 0 saturated carbocycles. The summed E-state index contributed by atoms with van der Waals surface area (Å²) in [5.74, 6) is -0.448. The molecule has 1 N–H and O–H groups in total. The molecular formula is C23H19N3O2S. The minimum Gasteiger partial charge on any atom is -0.481 e. The van der Waals surface area contributed by atoms with Crippen LogP contribution < -0.4 is 0 Å². The summed E-state index contributed by atoms with van der Waals surface area (Å²) in [6.07, 6.45) is 0. The quantitative estimate of drug-likeness (QED) is 0.462. The molecule has 0 fully saturated rings. The molecule has 0 atom stereocenters. The van der Waals surface area contributed by atoms with Crippen LogP contribution in [0.4, 0.5) is 0 Å². The van der Waals surface area contributed by atoms with Gasteiger partial charge in [0.05, 0.1) is 33.8 Å². The Labute approximate surface area is 172 Å². The molecule has 6 heteroatoms. The summed E-state index contributed by atoms with van der Waals surface area (Å²) in [6.45, 7) is 3.43. The normalized spacial score (nSPS) is 11.6.